The highest BCUT2D eigenvalue weighted by atomic mass is 79.9. The van der Waals surface area contributed by atoms with Gasteiger partial charge in [0.2, 0.25) is 0 Å². The van der Waals surface area contributed by atoms with Crippen molar-refractivity contribution in [1.82, 2.24) is 9.97 Å². The van der Waals surface area contributed by atoms with E-state index in [1.54, 1.807) is 0 Å². The topological polar surface area (TPSA) is 51.8 Å². The highest BCUT2D eigenvalue weighted by Gasteiger charge is 2.08. The van der Waals surface area contributed by atoms with Gasteiger partial charge in [0, 0.05) is 21.3 Å². The van der Waals surface area contributed by atoms with Crippen LogP contribution in [-0.2, 0) is 0 Å². The first-order valence-corrected chi connectivity index (χ1v) is 6.22. The Morgan fingerprint density at radius 2 is 1.94 bits per heavy atom. The SMILES string of the molecule is Cc1nc(-c2ccc(Br)c(Cl)c2)nc(N)c1C. The predicted molar refractivity (Wildman–Crippen MR) is 74.1 cm³/mol. The Morgan fingerprint density at radius 1 is 1.24 bits per heavy atom. The van der Waals surface area contributed by atoms with Crippen LogP contribution in [0.1, 0.15) is 11.3 Å². The standard InChI is InChI=1S/C12H11BrClN3/c1-6-7(2)16-12(17-11(6)15)8-3-4-9(13)10(14)5-8/h3-5H,1-2H3,(H2,15,16,17). The van der Waals surface area contributed by atoms with Crippen molar-refractivity contribution in [3.63, 3.8) is 0 Å². The lowest BCUT2D eigenvalue weighted by Crippen LogP contribution is -2.02. The first kappa shape index (κ1) is 12.3. The third kappa shape index (κ3) is 2.42. The number of aromatic nitrogens is 2. The van der Waals surface area contributed by atoms with Crippen LogP contribution in [0.5, 0.6) is 0 Å². The van der Waals surface area contributed by atoms with Gasteiger partial charge >= 0.3 is 0 Å². The molecule has 17 heavy (non-hydrogen) atoms. The molecule has 0 aliphatic rings. The third-order valence-corrected chi connectivity index (χ3v) is 3.84. The number of aryl methyl sites for hydroxylation is 1. The second-order valence-electron chi connectivity index (χ2n) is 3.77. The Bertz CT molecular complexity index is 561. The number of rotatable bonds is 1. The van der Waals surface area contributed by atoms with Crippen LogP contribution in [0, 0.1) is 13.8 Å². The van der Waals surface area contributed by atoms with Gasteiger partial charge in [-0.05, 0) is 48.0 Å². The summed E-state index contributed by atoms with van der Waals surface area (Å²) in [6.45, 7) is 3.82. The summed E-state index contributed by atoms with van der Waals surface area (Å²) in [7, 11) is 0. The maximum absolute atomic E-state index is 6.04. The molecule has 0 radical (unpaired) electrons. The van der Waals surface area contributed by atoms with Crippen molar-refractivity contribution in [1.29, 1.82) is 0 Å². The molecule has 0 amide bonds. The fraction of sp³-hybridized carbons (Fsp3) is 0.167. The maximum Gasteiger partial charge on any atom is 0.161 e. The van der Waals surface area contributed by atoms with E-state index < -0.39 is 0 Å². The van der Waals surface area contributed by atoms with Gasteiger partial charge in [0.15, 0.2) is 5.82 Å². The second kappa shape index (κ2) is 4.63. The zero-order valence-corrected chi connectivity index (χ0v) is 11.8. The van der Waals surface area contributed by atoms with Crippen molar-refractivity contribution in [3.05, 3.63) is 39.0 Å². The molecule has 1 aromatic carbocycles. The summed E-state index contributed by atoms with van der Waals surface area (Å²) in [6, 6.07) is 5.58. The van der Waals surface area contributed by atoms with Gasteiger partial charge in [0.25, 0.3) is 0 Å². The summed E-state index contributed by atoms with van der Waals surface area (Å²) in [5, 5.41) is 0.628. The van der Waals surface area contributed by atoms with Gasteiger partial charge in [-0.15, -0.1) is 0 Å². The molecule has 5 heteroatoms. The summed E-state index contributed by atoms with van der Waals surface area (Å²) in [6.07, 6.45) is 0. The minimum absolute atomic E-state index is 0.506. The molecule has 0 aliphatic carbocycles. The lowest BCUT2D eigenvalue weighted by molar-refractivity contribution is 1.08. The van der Waals surface area contributed by atoms with Crippen LogP contribution in [-0.4, -0.2) is 9.97 Å². The number of nitrogens with zero attached hydrogens (tertiary/aromatic N) is 2. The molecule has 0 saturated heterocycles. The summed E-state index contributed by atoms with van der Waals surface area (Å²) in [5.41, 5.74) is 8.48. The quantitative estimate of drug-likeness (QED) is 0.872. The van der Waals surface area contributed by atoms with Crippen molar-refractivity contribution in [2.24, 2.45) is 0 Å². The van der Waals surface area contributed by atoms with Crippen LogP contribution in [0.3, 0.4) is 0 Å². The Labute approximate surface area is 113 Å². The van der Waals surface area contributed by atoms with E-state index >= 15 is 0 Å². The first-order chi connectivity index (χ1) is 7.99. The number of nitrogen functional groups attached to an aromatic ring is 1. The van der Waals surface area contributed by atoms with E-state index in [0.717, 1.165) is 21.3 Å². The summed E-state index contributed by atoms with van der Waals surface area (Å²) in [5.74, 6) is 1.10. The van der Waals surface area contributed by atoms with Gasteiger partial charge in [0.05, 0.1) is 5.02 Å². The molecule has 1 heterocycles. The Morgan fingerprint density at radius 3 is 2.53 bits per heavy atom. The fourth-order valence-corrected chi connectivity index (χ4v) is 1.84. The van der Waals surface area contributed by atoms with Gasteiger partial charge in [-0.3, -0.25) is 0 Å². The van der Waals surface area contributed by atoms with Crippen molar-refractivity contribution in [2.45, 2.75) is 13.8 Å². The molecule has 0 aliphatic heterocycles. The highest BCUT2D eigenvalue weighted by Crippen LogP contribution is 2.28. The van der Waals surface area contributed by atoms with E-state index in [9.17, 15) is 0 Å². The first-order valence-electron chi connectivity index (χ1n) is 5.05. The number of anilines is 1. The molecule has 0 fully saturated rings. The lowest BCUT2D eigenvalue weighted by atomic mass is 10.2. The molecule has 3 nitrogen and oxygen atoms in total. The molecular weight excluding hydrogens is 302 g/mol. The molecule has 0 unspecified atom stereocenters. The summed E-state index contributed by atoms with van der Waals surface area (Å²) >= 11 is 9.39. The van der Waals surface area contributed by atoms with E-state index in [1.165, 1.54) is 0 Å². The average Bonchev–Trinajstić information content (AvgIpc) is 2.29. The van der Waals surface area contributed by atoms with Crippen LogP contribution < -0.4 is 5.73 Å². The number of benzene rings is 1. The van der Waals surface area contributed by atoms with Crippen molar-refractivity contribution in [3.8, 4) is 11.4 Å². The monoisotopic (exact) mass is 311 g/mol. The zero-order valence-electron chi connectivity index (χ0n) is 9.46. The lowest BCUT2D eigenvalue weighted by Gasteiger charge is -2.07. The number of nitrogens with two attached hydrogens (primary N) is 1. The molecule has 88 valence electrons. The summed E-state index contributed by atoms with van der Waals surface area (Å²) in [4.78, 5) is 8.68. The highest BCUT2D eigenvalue weighted by molar-refractivity contribution is 9.10. The van der Waals surface area contributed by atoms with Crippen LogP contribution in [0.4, 0.5) is 5.82 Å². The smallest absolute Gasteiger partial charge is 0.161 e. The number of hydrogen-bond donors (Lipinski definition) is 1. The molecule has 0 spiro atoms. The fourth-order valence-electron chi connectivity index (χ4n) is 1.42. The molecule has 2 aromatic rings. The molecule has 1 aromatic heterocycles. The molecule has 2 N–H and O–H groups in total. The Kier molecular flexibility index (Phi) is 3.35. The molecule has 2 rings (SSSR count). The van der Waals surface area contributed by atoms with E-state index in [-0.39, 0.29) is 0 Å². The van der Waals surface area contributed by atoms with Crippen molar-refractivity contribution >= 4 is 33.3 Å². The van der Waals surface area contributed by atoms with E-state index in [2.05, 4.69) is 25.9 Å². The number of halogens is 2. The Hall–Kier alpha value is -1.13. The Balaban J connectivity index is 2.57. The average molecular weight is 313 g/mol. The van der Waals surface area contributed by atoms with Crippen molar-refractivity contribution < 1.29 is 0 Å². The van der Waals surface area contributed by atoms with Crippen LogP contribution in [0.15, 0.2) is 22.7 Å². The largest absolute Gasteiger partial charge is 0.383 e. The summed E-state index contributed by atoms with van der Waals surface area (Å²) < 4.78 is 0.847. The van der Waals surface area contributed by atoms with Crippen molar-refractivity contribution in [2.75, 3.05) is 5.73 Å². The van der Waals surface area contributed by atoms with Crippen LogP contribution in [0.2, 0.25) is 5.02 Å². The number of hydrogen-bond acceptors (Lipinski definition) is 3. The minimum atomic E-state index is 0.506. The van der Waals surface area contributed by atoms with E-state index in [1.807, 2.05) is 32.0 Å². The molecular formula is C12H11BrClN3. The van der Waals surface area contributed by atoms with Gasteiger partial charge in [-0.25, -0.2) is 9.97 Å². The molecule has 0 atom stereocenters. The molecule has 0 saturated carbocycles. The van der Waals surface area contributed by atoms with Crippen LogP contribution >= 0.6 is 27.5 Å². The maximum atomic E-state index is 6.04. The van der Waals surface area contributed by atoms with Gasteiger partial charge in [0.1, 0.15) is 5.82 Å². The minimum Gasteiger partial charge on any atom is -0.383 e. The predicted octanol–water partition coefficient (Wildman–Crippen LogP) is 3.76. The van der Waals surface area contributed by atoms with E-state index in [4.69, 9.17) is 17.3 Å². The normalized spacial score (nSPS) is 10.6. The molecule has 0 bridgehead atoms. The van der Waals surface area contributed by atoms with Gasteiger partial charge in [-0.2, -0.15) is 0 Å². The van der Waals surface area contributed by atoms with E-state index in [0.29, 0.717) is 16.7 Å². The second-order valence-corrected chi connectivity index (χ2v) is 5.03. The van der Waals surface area contributed by atoms with Crippen LogP contribution in [0.25, 0.3) is 11.4 Å². The third-order valence-electron chi connectivity index (χ3n) is 2.60. The zero-order chi connectivity index (χ0) is 12.6. The van der Waals surface area contributed by atoms with Gasteiger partial charge in [-0.1, -0.05) is 11.6 Å². The van der Waals surface area contributed by atoms with Gasteiger partial charge < -0.3 is 5.73 Å².